The van der Waals surface area contributed by atoms with Gasteiger partial charge in [0.15, 0.2) is 11.5 Å². The van der Waals surface area contributed by atoms with Crippen LogP contribution in [0.25, 0.3) is 0 Å². The van der Waals surface area contributed by atoms with Crippen LogP contribution < -0.4 is 14.8 Å². The summed E-state index contributed by atoms with van der Waals surface area (Å²) in [6.07, 6.45) is 0.554. The predicted molar refractivity (Wildman–Crippen MR) is 76.0 cm³/mol. The molecule has 1 saturated carbocycles. The minimum atomic E-state index is -0.227. The molecule has 1 aromatic rings. The van der Waals surface area contributed by atoms with Crippen molar-refractivity contribution in [2.24, 2.45) is 5.41 Å². The molecule has 1 aromatic carbocycles. The van der Waals surface area contributed by atoms with Crippen LogP contribution in [0.5, 0.6) is 11.5 Å². The zero-order valence-electron chi connectivity index (χ0n) is 12.1. The Labute approximate surface area is 114 Å². The predicted octanol–water partition coefficient (Wildman–Crippen LogP) is 2.67. The van der Waals surface area contributed by atoms with Crippen molar-refractivity contribution in [3.63, 3.8) is 0 Å². The maximum atomic E-state index is 9.76. The fraction of sp³-hybridized carbons (Fsp3) is 0.600. The van der Waals surface area contributed by atoms with Gasteiger partial charge in [-0.05, 0) is 25.5 Å². The van der Waals surface area contributed by atoms with Crippen LogP contribution in [0, 0.1) is 5.41 Å². The molecule has 0 heterocycles. The van der Waals surface area contributed by atoms with Gasteiger partial charge >= 0.3 is 0 Å². The van der Waals surface area contributed by atoms with Gasteiger partial charge in [0.1, 0.15) is 0 Å². The number of rotatable bonds is 5. The molecule has 4 heteroatoms. The summed E-state index contributed by atoms with van der Waals surface area (Å²) in [6.45, 7) is 6.70. The maximum Gasteiger partial charge on any atom is 0.163 e. The molecule has 0 aliphatic heterocycles. The van der Waals surface area contributed by atoms with Crippen molar-refractivity contribution in [1.82, 2.24) is 0 Å². The highest BCUT2D eigenvalue weighted by molar-refractivity contribution is 5.55. The van der Waals surface area contributed by atoms with E-state index in [1.54, 1.807) is 7.11 Å². The van der Waals surface area contributed by atoms with E-state index in [2.05, 4.69) is 19.2 Å². The molecule has 2 rings (SSSR count). The van der Waals surface area contributed by atoms with Gasteiger partial charge in [-0.15, -0.1) is 0 Å². The molecule has 1 fully saturated rings. The molecule has 0 spiro atoms. The van der Waals surface area contributed by atoms with Crippen LogP contribution in [-0.2, 0) is 0 Å². The highest BCUT2D eigenvalue weighted by atomic mass is 16.5. The molecule has 1 aliphatic rings. The first-order valence-corrected chi connectivity index (χ1v) is 6.74. The number of nitrogens with one attached hydrogen (secondary N) is 1. The number of hydrogen-bond acceptors (Lipinski definition) is 4. The number of aliphatic hydroxyl groups is 1. The quantitative estimate of drug-likeness (QED) is 0.859. The van der Waals surface area contributed by atoms with Gasteiger partial charge < -0.3 is 19.9 Å². The lowest BCUT2D eigenvalue weighted by Crippen LogP contribution is -2.56. The van der Waals surface area contributed by atoms with Crippen molar-refractivity contribution >= 4 is 5.69 Å². The van der Waals surface area contributed by atoms with Crippen molar-refractivity contribution in [2.45, 2.75) is 39.3 Å². The van der Waals surface area contributed by atoms with E-state index in [4.69, 9.17) is 9.47 Å². The third-order valence-electron chi connectivity index (χ3n) is 4.02. The van der Waals surface area contributed by atoms with E-state index in [1.165, 1.54) is 0 Å². The van der Waals surface area contributed by atoms with E-state index in [9.17, 15) is 5.11 Å². The van der Waals surface area contributed by atoms with Gasteiger partial charge in [0, 0.05) is 23.2 Å². The molecule has 0 bridgehead atoms. The average molecular weight is 265 g/mol. The van der Waals surface area contributed by atoms with Crippen molar-refractivity contribution in [3.8, 4) is 11.5 Å². The zero-order valence-corrected chi connectivity index (χ0v) is 12.1. The van der Waals surface area contributed by atoms with E-state index in [-0.39, 0.29) is 17.6 Å². The molecule has 4 nitrogen and oxygen atoms in total. The van der Waals surface area contributed by atoms with Gasteiger partial charge in [0.25, 0.3) is 0 Å². The number of benzene rings is 1. The summed E-state index contributed by atoms with van der Waals surface area (Å²) in [4.78, 5) is 0. The van der Waals surface area contributed by atoms with E-state index in [0.29, 0.717) is 6.61 Å². The summed E-state index contributed by atoms with van der Waals surface area (Å²) in [7, 11) is 1.64. The van der Waals surface area contributed by atoms with Crippen molar-refractivity contribution in [3.05, 3.63) is 18.2 Å². The van der Waals surface area contributed by atoms with Gasteiger partial charge in [-0.1, -0.05) is 13.8 Å². The summed E-state index contributed by atoms with van der Waals surface area (Å²) in [5.74, 6) is 1.48. The molecule has 2 N–H and O–H groups in total. The monoisotopic (exact) mass is 265 g/mol. The lowest BCUT2D eigenvalue weighted by Gasteiger charge is -2.49. The average Bonchev–Trinajstić information content (AvgIpc) is 2.39. The smallest absolute Gasteiger partial charge is 0.163 e. The van der Waals surface area contributed by atoms with Gasteiger partial charge in [-0.2, -0.15) is 0 Å². The first kappa shape index (κ1) is 14.0. The van der Waals surface area contributed by atoms with Gasteiger partial charge in [-0.3, -0.25) is 0 Å². The summed E-state index contributed by atoms with van der Waals surface area (Å²) in [5.41, 5.74) is 0.903. The molecule has 0 amide bonds. The molecule has 106 valence electrons. The van der Waals surface area contributed by atoms with Gasteiger partial charge in [0.05, 0.1) is 19.8 Å². The molecule has 2 atom stereocenters. The van der Waals surface area contributed by atoms with Crippen molar-refractivity contribution < 1.29 is 14.6 Å². The Morgan fingerprint density at radius 1 is 1.37 bits per heavy atom. The van der Waals surface area contributed by atoms with E-state index in [0.717, 1.165) is 23.6 Å². The lowest BCUT2D eigenvalue weighted by atomic mass is 9.64. The van der Waals surface area contributed by atoms with Gasteiger partial charge in [0.2, 0.25) is 0 Å². The van der Waals surface area contributed by atoms with Gasteiger partial charge in [-0.25, -0.2) is 0 Å². The number of anilines is 1. The molecule has 0 aromatic heterocycles. The summed E-state index contributed by atoms with van der Waals surface area (Å²) < 4.78 is 10.8. The second kappa shape index (κ2) is 5.29. The highest BCUT2D eigenvalue weighted by Crippen LogP contribution is 2.42. The third kappa shape index (κ3) is 2.63. The fourth-order valence-corrected chi connectivity index (χ4v) is 2.38. The first-order chi connectivity index (χ1) is 8.98. The maximum absolute atomic E-state index is 9.76. The second-order valence-corrected chi connectivity index (χ2v) is 5.57. The number of aliphatic hydroxyl groups excluding tert-OH is 1. The molecule has 0 saturated heterocycles. The molecule has 1 aliphatic carbocycles. The highest BCUT2D eigenvalue weighted by Gasteiger charge is 2.47. The topological polar surface area (TPSA) is 50.7 Å². The third-order valence-corrected chi connectivity index (χ3v) is 4.02. The van der Waals surface area contributed by atoms with E-state index < -0.39 is 0 Å². The van der Waals surface area contributed by atoms with Crippen LogP contribution in [-0.4, -0.2) is 31.0 Å². The lowest BCUT2D eigenvalue weighted by molar-refractivity contribution is -0.0510. The minimum Gasteiger partial charge on any atom is -0.493 e. The fourth-order valence-electron chi connectivity index (χ4n) is 2.38. The largest absolute Gasteiger partial charge is 0.493 e. The molecule has 19 heavy (non-hydrogen) atoms. The molecule has 0 radical (unpaired) electrons. The van der Waals surface area contributed by atoms with Crippen LogP contribution in [0.3, 0.4) is 0 Å². The van der Waals surface area contributed by atoms with Crippen molar-refractivity contribution in [2.75, 3.05) is 19.0 Å². The first-order valence-electron chi connectivity index (χ1n) is 6.74. The van der Waals surface area contributed by atoms with Crippen LogP contribution >= 0.6 is 0 Å². The Hall–Kier alpha value is -1.42. The Morgan fingerprint density at radius 2 is 2.11 bits per heavy atom. The number of methoxy groups -OCH3 is 1. The van der Waals surface area contributed by atoms with Crippen LogP contribution in [0.4, 0.5) is 5.69 Å². The molecular formula is C15H23NO3. The van der Waals surface area contributed by atoms with Crippen molar-refractivity contribution in [1.29, 1.82) is 0 Å². The zero-order chi connectivity index (χ0) is 14.0. The van der Waals surface area contributed by atoms with Crippen LogP contribution in [0.15, 0.2) is 18.2 Å². The summed E-state index contributed by atoms with van der Waals surface area (Å²) in [5, 5.41) is 13.2. The number of hydrogen-bond donors (Lipinski definition) is 2. The SMILES string of the molecule is CCOc1cc(NC2CC(O)C2(C)C)ccc1OC. The van der Waals surface area contributed by atoms with E-state index >= 15 is 0 Å². The summed E-state index contributed by atoms with van der Waals surface area (Å²) >= 11 is 0. The van der Waals surface area contributed by atoms with Crippen LogP contribution in [0.1, 0.15) is 27.2 Å². The second-order valence-electron chi connectivity index (χ2n) is 5.57. The molecule has 2 unspecified atom stereocenters. The van der Waals surface area contributed by atoms with E-state index in [1.807, 2.05) is 25.1 Å². The minimum absolute atomic E-state index is 0.0916. The molecular weight excluding hydrogens is 242 g/mol. The summed E-state index contributed by atoms with van der Waals surface area (Å²) in [6, 6.07) is 6.10. The Bertz CT molecular complexity index is 445. The van der Waals surface area contributed by atoms with Crippen LogP contribution in [0.2, 0.25) is 0 Å². The normalized spacial score (nSPS) is 24.5. The Balaban J connectivity index is 2.11. The Kier molecular flexibility index (Phi) is 3.90. The standard InChI is InChI=1S/C15H23NO3/c1-5-19-12-8-10(6-7-11(12)18-4)16-13-9-14(17)15(13,2)3/h6-8,13-14,16-17H,5,9H2,1-4H3. The number of ether oxygens (including phenoxy) is 2. The Morgan fingerprint density at radius 3 is 2.63 bits per heavy atom.